The minimum absolute atomic E-state index is 0. The molecule has 0 spiro atoms. The first-order valence-electron chi connectivity index (χ1n) is 3.88. The summed E-state index contributed by atoms with van der Waals surface area (Å²) in [6.07, 6.45) is 3.09. The number of rotatable bonds is 4. The van der Waals surface area contributed by atoms with E-state index in [9.17, 15) is 4.79 Å². The molecule has 86 valence electrons. The van der Waals surface area contributed by atoms with Crippen LogP contribution in [0.25, 0.3) is 0 Å². The molecule has 0 saturated heterocycles. The molecule has 5 nitrogen and oxygen atoms in total. The molecule has 0 aromatic carbocycles. The van der Waals surface area contributed by atoms with Crippen molar-refractivity contribution >= 4 is 30.7 Å². The molecule has 0 bridgehead atoms. The van der Waals surface area contributed by atoms with E-state index in [2.05, 4.69) is 15.8 Å². The average Bonchev–Trinajstić information content (AvgIpc) is 2.19. The minimum atomic E-state index is -0.240. The SMILES string of the molecule is Cl.Cl.O=C(NNCCO)c1ccncc1. The molecule has 7 heteroatoms. The van der Waals surface area contributed by atoms with Crippen LogP contribution in [0.15, 0.2) is 24.5 Å². The quantitative estimate of drug-likeness (QED) is 0.528. The van der Waals surface area contributed by atoms with Crippen molar-refractivity contribution in [2.24, 2.45) is 0 Å². The molecule has 1 rings (SSSR count). The Morgan fingerprint density at radius 2 is 1.93 bits per heavy atom. The number of hydrogen-bond acceptors (Lipinski definition) is 4. The highest BCUT2D eigenvalue weighted by molar-refractivity contribution is 5.93. The molecule has 0 aliphatic rings. The van der Waals surface area contributed by atoms with E-state index in [1.165, 1.54) is 0 Å². The van der Waals surface area contributed by atoms with Gasteiger partial charge in [0.1, 0.15) is 0 Å². The molecular formula is C8H13Cl2N3O2. The van der Waals surface area contributed by atoms with Crippen LogP contribution in [-0.4, -0.2) is 29.1 Å². The van der Waals surface area contributed by atoms with Gasteiger partial charge in [-0.2, -0.15) is 0 Å². The third-order valence-electron chi connectivity index (χ3n) is 1.38. The van der Waals surface area contributed by atoms with E-state index in [1.54, 1.807) is 24.5 Å². The van der Waals surface area contributed by atoms with Crippen LogP contribution in [0.1, 0.15) is 10.4 Å². The molecule has 1 aromatic rings. The summed E-state index contributed by atoms with van der Waals surface area (Å²) in [5.74, 6) is -0.240. The fourth-order valence-corrected chi connectivity index (χ4v) is 0.774. The van der Waals surface area contributed by atoms with E-state index in [0.717, 1.165) is 0 Å². The second-order valence-corrected chi connectivity index (χ2v) is 2.34. The van der Waals surface area contributed by atoms with Crippen molar-refractivity contribution in [2.75, 3.05) is 13.2 Å². The number of hydrazine groups is 1. The first kappa shape index (κ1) is 16.5. The Labute approximate surface area is 100 Å². The topological polar surface area (TPSA) is 74.2 Å². The van der Waals surface area contributed by atoms with Crippen molar-refractivity contribution in [1.29, 1.82) is 0 Å². The van der Waals surface area contributed by atoms with Gasteiger partial charge in [0.25, 0.3) is 5.91 Å². The maximum absolute atomic E-state index is 11.2. The van der Waals surface area contributed by atoms with E-state index < -0.39 is 0 Å². The predicted octanol–water partition coefficient (Wildman–Crippen LogP) is 0.152. The van der Waals surface area contributed by atoms with Gasteiger partial charge in [-0.1, -0.05) is 0 Å². The van der Waals surface area contributed by atoms with Crippen LogP contribution in [0.2, 0.25) is 0 Å². The summed E-state index contributed by atoms with van der Waals surface area (Å²) in [7, 11) is 0. The van der Waals surface area contributed by atoms with Gasteiger partial charge in [-0.05, 0) is 12.1 Å². The van der Waals surface area contributed by atoms with Gasteiger partial charge < -0.3 is 5.11 Å². The molecule has 0 saturated carbocycles. The van der Waals surface area contributed by atoms with Gasteiger partial charge in [0, 0.05) is 24.5 Å². The van der Waals surface area contributed by atoms with Gasteiger partial charge in [0.15, 0.2) is 0 Å². The number of pyridine rings is 1. The Morgan fingerprint density at radius 1 is 1.33 bits per heavy atom. The first-order chi connectivity index (χ1) is 6.34. The number of aliphatic hydroxyl groups excluding tert-OH is 1. The highest BCUT2D eigenvalue weighted by atomic mass is 35.5. The summed E-state index contributed by atoms with van der Waals surface area (Å²) in [5, 5.41) is 8.43. The number of nitrogens with zero attached hydrogens (tertiary/aromatic N) is 1. The zero-order valence-electron chi connectivity index (χ0n) is 7.84. The Hall–Kier alpha value is -0.880. The largest absolute Gasteiger partial charge is 0.395 e. The van der Waals surface area contributed by atoms with Crippen molar-refractivity contribution in [1.82, 2.24) is 15.8 Å². The molecule has 1 amide bonds. The number of hydrogen-bond donors (Lipinski definition) is 3. The molecule has 0 aliphatic carbocycles. The summed E-state index contributed by atoms with van der Waals surface area (Å²) in [6.45, 7) is 0.313. The Bertz CT molecular complexity index is 272. The number of nitrogens with one attached hydrogen (secondary N) is 2. The molecule has 15 heavy (non-hydrogen) atoms. The lowest BCUT2D eigenvalue weighted by Gasteiger charge is -2.04. The molecule has 1 aromatic heterocycles. The third-order valence-corrected chi connectivity index (χ3v) is 1.38. The van der Waals surface area contributed by atoms with Gasteiger partial charge in [-0.25, -0.2) is 5.43 Å². The van der Waals surface area contributed by atoms with Crippen LogP contribution in [0.3, 0.4) is 0 Å². The number of amides is 1. The Morgan fingerprint density at radius 3 is 2.47 bits per heavy atom. The average molecular weight is 254 g/mol. The highest BCUT2D eigenvalue weighted by Crippen LogP contribution is 1.93. The zero-order chi connectivity index (χ0) is 9.52. The summed E-state index contributed by atoms with van der Waals surface area (Å²) in [5.41, 5.74) is 5.51. The standard InChI is InChI=1S/C8H11N3O2.2ClH/c12-6-5-10-11-8(13)7-1-3-9-4-2-7;;/h1-4,10,12H,5-6H2,(H,11,13);2*1H. The van der Waals surface area contributed by atoms with E-state index in [1.807, 2.05) is 0 Å². The van der Waals surface area contributed by atoms with Crippen LogP contribution >= 0.6 is 24.8 Å². The number of carbonyl (C=O) groups is 1. The van der Waals surface area contributed by atoms with Crippen molar-refractivity contribution in [2.45, 2.75) is 0 Å². The Balaban J connectivity index is 0. The summed E-state index contributed by atoms with van der Waals surface area (Å²) in [4.78, 5) is 15.0. The fraction of sp³-hybridized carbons (Fsp3) is 0.250. The molecular weight excluding hydrogens is 241 g/mol. The molecule has 0 atom stereocenters. The molecule has 0 fully saturated rings. The van der Waals surface area contributed by atoms with E-state index >= 15 is 0 Å². The maximum atomic E-state index is 11.2. The van der Waals surface area contributed by atoms with Crippen molar-refractivity contribution in [3.8, 4) is 0 Å². The zero-order valence-corrected chi connectivity index (χ0v) is 9.48. The van der Waals surface area contributed by atoms with Crippen LogP contribution < -0.4 is 10.9 Å². The van der Waals surface area contributed by atoms with Crippen molar-refractivity contribution < 1.29 is 9.90 Å². The van der Waals surface area contributed by atoms with E-state index in [-0.39, 0.29) is 37.3 Å². The van der Waals surface area contributed by atoms with E-state index in [0.29, 0.717) is 12.1 Å². The number of aromatic nitrogens is 1. The third kappa shape index (κ3) is 6.24. The van der Waals surface area contributed by atoms with Crippen LogP contribution in [0.5, 0.6) is 0 Å². The first-order valence-corrected chi connectivity index (χ1v) is 3.88. The van der Waals surface area contributed by atoms with Crippen molar-refractivity contribution in [3.63, 3.8) is 0 Å². The number of aliphatic hydroxyl groups is 1. The molecule has 0 aliphatic heterocycles. The summed E-state index contributed by atoms with van der Waals surface area (Å²) >= 11 is 0. The summed E-state index contributed by atoms with van der Waals surface area (Å²) < 4.78 is 0. The fourth-order valence-electron chi connectivity index (χ4n) is 0.774. The second kappa shape index (κ2) is 9.67. The van der Waals surface area contributed by atoms with Gasteiger partial charge in [0.05, 0.1) is 6.61 Å². The Kier molecular flexibility index (Phi) is 10.7. The van der Waals surface area contributed by atoms with Gasteiger partial charge in [0.2, 0.25) is 0 Å². The number of halogens is 2. The molecule has 0 radical (unpaired) electrons. The lowest BCUT2D eigenvalue weighted by atomic mass is 10.3. The van der Waals surface area contributed by atoms with Crippen LogP contribution in [-0.2, 0) is 0 Å². The maximum Gasteiger partial charge on any atom is 0.265 e. The number of carbonyl (C=O) groups excluding carboxylic acids is 1. The van der Waals surface area contributed by atoms with Crippen molar-refractivity contribution in [3.05, 3.63) is 30.1 Å². The molecule has 1 heterocycles. The molecule has 0 unspecified atom stereocenters. The lowest BCUT2D eigenvalue weighted by molar-refractivity contribution is 0.0930. The monoisotopic (exact) mass is 253 g/mol. The van der Waals surface area contributed by atoms with Gasteiger partial charge >= 0.3 is 0 Å². The summed E-state index contributed by atoms with van der Waals surface area (Å²) in [6, 6.07) is 3.21. The predicted molar refractivity (Wildman–Crippen MR) is 61.3 cm³/mol. The van der Waals surface area contributed by atoms with E-state index in [4.69, 9.17) is 5.11 Å². The molecule has 3 N–H and O–H groups in total. The minimum Gasteiger partial charge on any atom is -0.395 e. The smallest absolute Gasteiger partial charge is 0.265 e. The van der Waals surface area contributed by atoms with Gasteiger partial charge in [-0.15, -0.1) is 24.8 Å². The van der Waals surface area contributed by atoms with Crippen LogP contribution in [0.4, 0.5) is 0 Å². The van der Waals surface area contributed by atoms with Crippen LogP contribution in [0, 0.1) is 0 Å². The second-order valence-electron chi connectivity index (χ2n) is 2.34. The lowest BCUT2D eigenvalue weighted by Crippen LogP contribution is -2.38. The highest BCUT2D eigenvalue weighted by Gasteiger charge is 2.01. The van der Waals surface area contributed by atoms with Gasteiger partial charge in [-0.3, -0.25) is 15.2 Å². The normalized spacial score (nSPS) is 8.33.